The average Bonchev–Trinajstić information content (AvgIpc) is 2.99. The number of amides is 1. The van der Waals surface area contributed by atoms with Gasteiger partial charge in [0, 0.05) is 31.6 Å². The first-order valence-electron chi connectivity index (χ1n) is 8.16. The Bertz CT molecular complexity index is 881. The normalized spacial score (nSPS) is 15.0. The number of rotatable bonds is 2. The molecule has 0 bridgehead atoms. The first-order valence-corrected chi connectivity index (χ1v) is 8.16. The molecule has 3 heterocycles. The molecule has 6 nitrogen and oxygen atoms in total. The second kappa shape index (κ2) is 6.05. The summed E-state index contributed by atoms with van der Waals surface area (Å²) in [5.74, 6) is -0.0168. The van der Waals surface area contributed by atoms with Gasteiger partial charge >= 0.3 is 0 Å². The van der Waals surface area contributed by atoms with Gasteiger partial charge in [-0.25, -0.2) is 9.67 Å². The van der Waals surface area contributed by atoms with Crippen LogP contribution in [-0.2, 0) is 0 Å². The molecule has 122 valence electrons. The monoisotopic (exact) mass is 321 g/mol. The molecule has 1 aliphatic rings. The Morgan fingerprint density at radius 2 is 1.83 bits per heavy atom. The van der Waals surface area contributed by atoms with E-state index in [2.05, 4.69) is 15.4 Å². The van der Waals surface area contributed by atoms with E-state index >= 15 is 0 Å². The SMILES string of the molecule is Cc1nn(-c2ccccc2)c2nc(C(=O)N3CCNCC3)ccc12. The van der Waals surface area contributed by atoms with Gasteiger partial charge in [0.1, 0.15) is 5.69 Å². The van der Waals surface area contributed by atoms with Gasteiger partial charge in [-0.2, -0.15) is 5.10 Å². The molecule has 1 amide bonds. The van der Waals surface area contributed by atoms with Gasteiger partial charge < -0.3 is 10.2 Å². The molecule has 0 unspecified atom stereocenters. The van der Waals surface area contributed by atoms with Gasteiger partial charge in [-0.05, 0) is 31.2 Å². The summed E-state index contributed by atoms with van der Waals surface area (Å²) in [6.07, 6.45) is 0. The summed E-state index contributed by atoms with van der Waals surface area (Å²) in [4.78, 5) is 19.2. The van der Waals surface area contributed by atoms with Crippen molar-refractivity contribution in [2.24, 2.45) is 0 Å². The average molecular weight is 321 g/mol. The van der Waals surface area contributed by atoms with E-state index < -0.39 is 0 Å². The van der Waals surface area contributed by atoms with Gasteiger partial charge in [0.25, 0.3) is 5.91 Å². The number of carbonyl (C=O) groups is 1. The zero-order chi connectivity index (χ0) is 16.5. The fourth-order valence-electron chi connectivity index (χ4n) is 3.04. The highest BCUT2D eigenvalue weighted by Crippen LogP contribution is 2.21. The Labute approximate surface area is 140 Å². The van der Waals surface area contributed by atoms with Crippen molar-refractivity contribution in [2.75, 3.05) is 26.2 Å². The fourth-order valence-corrected chi connectivity index (χ4v) is 3.04. The number of fused-ring (bicyclic) bond motifs is 1. The number of pyridine rings is 1. The lowest BCUT2D eigenvalue weighted by Crippen LogP contribution is -2.46. The molecule has 24 heavy (non-hydrogen) atoms. The molecular formula is C18H19N5O. The lowest BCUT2D eigenvalue weighted by Gasteiger charge is -2.27. The van der Waals surface area contributed by atoms with E-state index in [4.69, 9.17) is 0 Å². The first kappa shape index (κ1) is 14.8. The number of hydrogen-bond acceptors (Lipinski definition) is 4. The predicted molar refractivity (Wildman–Crippen MR) is 92.4 cm³/mol. The first-order chi connectivity index (χ1) is 11.7. The largest absolute Gasteiger partial charge is 0.335 e. The number of aromatic nitrogens is 3. The van der Waals surface area contributed by atoms with Crippen LogP contribution >= 0.6 is 0 Å². The van der Waals surface area contributed by atoms with Crippen molar-refractivity contribution in [3.8, 4) is 5.69 Å². The maximum absolute atomic E-state index is 12.7. The van der Waals surface area contributed by atoms with Gasteiger partial charge in [-0.15, -0.1) is 0 Å². The molecule has 0 saturated carbocycles. The van der Waals surface area contributed by atoms with Crippen LogP contribution in [0.15, 0.2) is 42.5 Å². The third-order valence-electron chi connectivity index (χ3n) is 4.34. The quantitative estimate of drug-likeness (QED) is 0.781. The number of hydrogen-bond donors (Lipinski definition) is 1. The van der Waals surface area contributed by atoms with Gasteiger partial charge in [-0.3, -0.25) is 4.79 Å². The van der Waals surface area contributed by atoms with Crippen LogP contribution in [0.4, 0.5) is 0 Å². The number of nitrogens with zero attached hydrogens (tertiary/aromatic N) is 4. The molecular weight excluding hydrogens is 302 g/mol. The summed E-state index contributed by atoms with van der Waals surface area (Å²) < 4.78 is 1.80. The minimum atomic E-state index is -0.0168. The second-order valence-electron chi connectivity index (χ2n) is 5.94. The molecule has 1 aromatic carbocycles. The van der Waals surface area contributed by atoms with Gasteiger partial charge in [0.05, 0.1) is 11.4 Å². The van der Waals surface area contributed by atoms with Crippen LogP contribution in [0.1, 0.15) is 16.2 Å². The number of carbonyl (C=O) groups excluding carboxylic acids is 1. The topological polar surface area (TPSA) is 63.1 Å². The third kappa shape index (κ3) is 2.55. The Balaban J connectivity index is 1.78. The molecule has 0 atom stereocenters. The summed E-state index contributed by atoms with van der Waals surface area (Å²) in [6.45, 7) is 5.05. The second-order valence-corrected chi connectivity index (χ2v) is 5.94. The van der Waals surface area contributed by atoms with Crippen LogP contribution in [0.2, 0.25) is 0 Å². The minimum absolute atomic E-state index is 0.0168. The third-order valence-corrected chi connectivity index (χ3v) is 4.34. The highest BCUT2D eigenvalue weighted by molar-refractivity contribution is 5.95. The Morgan fingerprint density at radius 3 is 2.58 bits per heavy atom. The van der Waals surface area contributed by atoms with Crippen LogP contribution in [0.25, 0.3) is 16.7 Å². The van der Waals surface area contributed by atoms with E-state index in [0.717, 1.165) is 48.6 Å². The molecule has 1 fully saturated rings. The molecule has 6 heteroatoms. The van der Waals surface area contributed by atoms with Gasteiger partial charge in [0.15, 0.2) is 5.65 Å². The van der Waals surface area contributed by atoms with Crippen molar-refractivity contribution in [1.29, 1.82) is 0 Å². The van der Waals surface area contributed by atoms with Crippen molar-refractivity contribution in [2.45, 2.75) is 6.92 Å². The van der Waals surface area contributed by atoms with E-state index in [0.29, 0.717) is 5.69 Å². The maximum atomic E-state index is 12.7. The molecule has 4 rings (SSSR count). The number of piperazine rings is 1. The summed E-state index contributed by atoms with van der Waals surface area (Å²) in [7, 11) is 0. The highest BCUT2D eigenvalue weighted by Gasteiger charge is 2.20. The zero-order valence-corrected chi connectivity index (χ0v) is 13.6. The number of benzene rings is 1. The Morgan fingerprint density at radius 1 is 1.08 bits per heavy atom. The standard InChI is InChI=1S/C18H19N5O/c1-13-15-7-8-16(18(24)22-11-9-19-10-12-22)20-17(15)23(21-13)14-5-3-2-4-6-14/h2-8,19H,9-12H2,1H3. The number of para-hydroxylation sites is 1. The molecule has 0 aliphatic carbocycles. The minimum Gasteiger partial charge on any atom is -0.335 e. The summed E-state index contributed by atoms with van der Waals surface area (Å²) in [6, 6.07) is 13.6. The van der Waals surface area contributed by atoms with E-state index in [1.807, 2.05) is 48.2 Å². The van der Waals surface area contributed by atoms with E-state index in [1.165, 1.54) is 0 Å². The van der Waals surface area contributed by atoms with Crippen LogP contribution < -0.4 is 5.32 Å². The van der Waals surface area contributed by atoms with Crippen molar-refractivity contribution < 1.29 is 4.79 Å². The number of nitrogens with one attached hydrogen (secondary N) is 1. The molecule has 1 aliphatic heterocycles. The maximum Gasteiger partial charge on any atom is 0.272 e. The van der Waals surface area contributed by atoms with Crippen molar-refractivity contribution in [3.05, 3.63) is 53.9 Å². The number of aryl methyl sites for hydroxylation is 1. The van der Waals surface area contributed by atoms with E-state index in [1.54, 1.807) is 10.7 Å². The lowest BCUT2D eigenvalue weighted by molar-refractivity contribution is 0.0730. The molecule has 3 aromatic rings. The molecule has 2 aromatic heterocycles. The Kier molecular flexibility index (Phi) is 3.74. The van der Waals surface area contributed by atoms with Crippen molar-refractivity contribution >= 4 is 16.9 Å². The fraction of sp³-hybridized carbons (Fsp3) is 0.278. The Hall–Kier alpha value is -2.73. The molecule has 0 radical (unpaired) electrons. The summed E-state index contributed by atoms with van der Waals surface area (Å²) >= 11 is 0. The predicted octanol–water partition coefficient (Wildman–Crippen LogP) is 1.77. The van der Waals surface area contributed by atoms with Crippen LogP contribution in [-0.4, -0.2) is 51.8 Å². The van der Waals surface area contributed by atoms with Crippen molar-refractivity contribution in [1.82, 2.24) is 25.0 Å². The van der Waals surface area contributed by atoms with Crippen molar-refractivity contribution in [3.63, 3.8) is 0 Å². The molecule has 0 spiro atoms. The molecule has 1 saturated heterocycles. The zero-order valence-electron chi connectivity index (χ0n) is 13.6. The highest BCUT2D eigenvalue weighted by atomic mass is 16.2. The summed E-state index contributed by atoms with van der Waals surface area (Å²) in [5, 5.41) is 8.82. The van der Waals surface area contributed by atoms with E-state index in [9.17, 15) is 4.79 Å². The van der Waals surface area contributed by atoms with Crippen LogP contribution in [0.5, 0.6) is 0 Å². The molecule has 1 N–H and O–H groups in total. The van der Waals surface area contributed by atoms with E-state index in [-0.39, 0.29) is 5.91 Å². The van der Waals surface area contributed by atoms with Crippen LogP contribution in [0, 0.1) is 6.92 Å². The lowest BCUT2D eigenvalue weighted by atomic mass is 10.2. The van der Waals surface area contributed by atoms with Gasteiger partial charge in [-0.1, -0.05) is 18.2 Å². The smallest absolute Gasteiger partial charge is 0.272 e. The summed E-state index contributed by atoms with van der Waals surface area (Å²) in [5.41, 5.74) is 3.04. The van der Waals surface area contributed by atoms with Crippen LogP contribution in [0.3, 0.4) is 0 Å². The van der Waals surface area contributed by atoms with Gasteiger partial charge in [0.2, 0.25) is 0 Å².